The molecule has 0 heterocycles. The second kappa shape index (κ2) is 6.26. The summed E-state index contributed by atoms with van der Waals surface area (Å²) < 4.78 is 43.6. The molecule has 1 atom stereocenters. The Morgan fingerprint density at radius 2 is 1.95 bits per heavy atom. The molecule has 1 rings (SSSR count). The highest BCUT2D eigenvalue weighted by molar-refractivity contribution is 6.31. The van der Waals surface area contributed by atoms with Crippen LogP contribution in [-0.4, -0.2) is 18.4 Å². The first kappa shape index (κ1) is 16.5. The number of hydrogen-bond donors (Lipinski definition) is 0. The van der Waals surface area contributed by atoms with Gasteiger partial charge in [-0.05, 0) is 26.0 Å². The Balaban J connectivity index is 3.52. The minimum Gasteiger partial charge on any atom is -0.462 e. The van der Waals surface area contributed by atoms with E-state index in [1.54, 1.807) is 0 Å². The molecule has 20 heavy (non-hydrogen) atoms. The van der Waals surface area contributed by atoms with Gasteiger partial charge in [-0.25, -0.2) is 4.79 Å². The molecule has 0 fully saturated rings. The molecule has 0 bridgehead atoms. The minimum absolute atomic E-state index is 0.00153. The lowest BCUT2D eigenvalue weighted by Crippen LogP contribution is -2.18. The van der Waals surface area contributed by atoms with Crippen LogP contribution < -0.4 is 0 Å². The third kappa shape index (κ3) is 3.50. The van der Waals surface area contributed by atoms with E-state index in [-0.39, 0.29) is 12.2 Å². The summed E-state index contributed by atoms with van der Waals surface area (Å²) in [6.45, 7) is 2.58. The predicted molar refractivity (Wildman–Crippen MR) is 66.7 cm³/mol. The number of hydrogen-bond acceptors (Lipinski definition) is 3. The van der Waals surface area contributed by atoms with Crippen molar-refractivity contribution in [1.82, 2.24) is 0 Å². The van der Waals surface area contributed by atoms with Gasteiger partial charge < -0.3 is 4.74 Å². The number of esters is 1. The van der Waals surface area contributed by atoms with E-state index in [1.807, 2.05) is 0 Å². The number of ketones is 1. The van der Waals surface area contributed by atoms with Crippen LogP contribution in [-0.2, 0) is 15.7 Å². The van der Waals surface area contributed by atoms with E-state index in [1.165, 1.54) is 6.92 Å². The molecule has 0 saturated carbocycles. The number of benzene rings is 1. The summed E-state index contributed by atoms with van der Waals surface area (Å²) >= 11 is 5.74. The number of ether oxygens (including phenoxy) is 1. The first-order valence-electron chi connectivity index (χ1n) is 5.71. The van der Waals surface area contributed by atoms with Crippen LogP contribution in [0.4, 0.5) is 13.2 Å². The monoisotopic (exact) mass is 308 g/mol. The Kier molecular flexibility index (Phi) is 5.16. The lowest BCUT2D eigenvalue weighted by molar-refractivity contribution is -0.138. The Bertz CT molecular complexity index is 526. The maximum absolute atomic E-state index is 13.0. The molecule has 0 spiro atoms. The zero-order valence-electron chi connectivity index (χ0n) is 10.8. The van der Waals surface area contributed by atoms with Gasteiger partial charge in [0.15, 0.2) is 5.78 Å². The standard InChI is InChI=1S/C13H12ClF3O3/c1-3-20-12(19)8-5-4-6-9(13(15,16)17)10(8)11(14)7(2)18/h4-6,11H,3H2,1-2H3. The molecule has 0 N–H and O–H groups in total. The van der Waals surface area contributed by atoms with Crippen LogP contribution >= 0.6 is 11.6 Å². The average molecular weight is 309 g/mol. The topological polar surface area (TPSA) is 43.4 Å². The lowest BCUT2D eigenvalue weighted by atomic mass is 9.96. The van der Waals surface area contributed by atoms with Gasteiger partial charge >= 0.3 is 12.1 Å². The van der Waals surface area contributed by atoms with Gasteiger partial charge in [-0.2, -0.15) is 13.2 Å². The Hall–Kier alpha value is -1.56. The van der Waals surface area contributed by atoms with Gasteiger partial charge in [0.25, 0.3) is 0 Å². The van der Waals surface area contributed by atoms with Gasteiger partial charge in [0.05, 0.1) is 17.7 Å². The minimum atomic E-state index is -4.72. The van der Waals surface area contributed by atoms with Crippen LogP contribution in [0, 0.1) is 0 Å². The highest BCUT2D eigenvalue weighted by Gasteiger charge is 2.38. The molecule has 0 radical (unpaired) electrons. The first-order chi connectivity index (χ1) is 9.20. The van der Waals surface area contributed by atoms with E-state index in [4.69, 9.17) is 11.6 Å². The zero-order valence-corrected chi connectivity index (χ0v) is 11.5. The summed E-state index contributed by atoms with van der Waals surface area (Å²) in [7, 11) is 0. The average Bonchev–Trinajstić information content (AvgIpc) is 2.36. The highest BCUT2D eigenvalue weighted by Crippen LogP contribution is 2.39. The molecule has 0 aromatic heterocycles. The van der Waals surface area contributed by atoms with E-state index in [0.717, 1.165) is 25.1 Å². The van der Waals surface area contributed by atoms with Crippen LogP contribution in [0.3, 0.4) is 0 Å². The van der Waals surface area contributed by atoms with E-state index < -0.39 is 34.4 Å². The molecule has 1 aromatic rings. The second-order valence-electron chi connectivity index (χ2n) is 3.96. The second-order valence-corrected chi connectivity index (χ2v) is 4.39. The normalized spacial score (nSPS) is 12.9. The number of halogens is 4. The molecule has 1 unspecified atom stereocenters. The Morgan fingerprint density at radius 3 is 2.40 bits per heavy atom. The van der Waals surface area contributed by atoms with Crippen molar-refractivity contribution in [2.24, 2.45) is 0 Å². The highest BCUT2D eigenvalue weighted by atomic mass is 35.5. The van der Waals surface area contributed by atoms with Crippen molar-refractivity contribution >= 4 is 23.4 Å². The summed E-state index contributed by atoms with van der Waals surface area (Å²) in [4.78, 5) is 23.0. The SMILES string of the molecule is CCOC(=O)c1cccc(C(F)(F)F)c1C(Cl)C(C)=O. The van der Waals surface area contributed by atoms with Gasteiger partial charge in [-0.1, -0.05) is 6.07 Å². The molecule has 7 heteroatoms. The molecule has 0 aliphatic rings. The molecular weight excluding hydrogens is 297 g/mol. The van der Waals surface area contributed by atoms with E-state index in [2.05, 4.69) is 4.74 Å². The fraction of sp³-hybridized carbons (Fsp3) is 0.385. The molecule has 0 saturated heterocycles. The van der Waals surface area contributed by atoms with Crippen LogP contribution in [0.15, 0.2) is 18.2 Å². The van der Waals surface area contributed by atoms with Crippen LogP contribution in [0.1, 0.15) is 40.7 Å². The van der Waals surface area contributed by atoms with Crippen molar-refractivity contribution in [2.75, 3.05) is 6.61 Å². The van der Waals surface area contributed by atoms with Crippen molar-refractivity contribution < 1.29 is 27.5 Å². The van der Waals surface area contributed by atoms with E-state index in [0.29, 0.717) is 0 Å². The van der Waals surface area contributed by atoms with Crippen molar-refractivity contribution in [1.29, 1.82) is 0 Å². The molecule has 3 nitrogen and oxygen atoms in total. The van der Waals surface area contributed by atoms with E-state index in [9.17, 15) is 22.8 Å². The number of rotatable bonds is 4. The quantitative estimate of drug-likeness (QED) is 0.628. The van der Waals surface area contributed by atoms with E-state index >= 15 is 0 Å². The van der Waals surface area contributed by atoms with Crippen LogP contribution in [0.5, 0.6) is 0 Å². The summed E-state index contributed by atoms with van der Waals surface area (Å²) in [5, 5.41) is -1.56. The van der Waals surface area contributed by atoms with Crippen molar-refractivity contribution in [3.63, 3.8) is 0 Å². The van der Waals surface area contributed by atoms with Gasteiger partial charge in [0.1, 0.15) is 5.38 Å². The smallest absolute Gasteiger partial charge is 0.416 e. The van der Waals surface area contributed by atoms with Crippen molar-refractivity contribution in [3.05, 3.63) is 34.9 Å². The largest absolute Gasteiger partial charge is 0.462 e. The summed E-state index contributed by atoms with van der Waals surface area (Å²) in [5.41, 5.74) is -2.03. The fourth-order valence-electron chi connectivity index (χ4n) is 1.68. The van der Waals surface area contributed by atoms with Crippen LogP contribution in [0.25, 0.3) is 0 Å². The maximum atomic E-state index is 13.0. The fourth-order valence-corrected chi connectivity index (χ4v) is 1.91. The van der Waals surface area contributed by atoms with Crippen molar-refractivity contribution in [2.45, 2.75) is 25.4 Å². The molecular formula is C13H12ClF3O3. The van der Waals surface area contributed by atoms with Crippen molar-refractivity contribution in [3.8, 4) is 0 Å². The zero-order chi connectivity index (χ0) is 15.5. The number of alkyl halides is 4. The first-order valence-corrected chi connectivity index (χ1v) is 6.15. The van der Waals surface area contributed by atoms with Gasteiger partial charge in [0, 0.05) is 5.56 Å². The predicted octanol–water partition coefficient (Wildman–Crippen LogP) is 3.75. The summed E-state index contributed by atoms with van der Waals surface area (Å²) in [6, 6.07) is 3.00. The Morgan fingerprint density at radius 1 is 1.35 bits per heavy atom. The molecule has 0 amide bonds. The summed E-state index contributed by atoms with van der Waals surface area (Å²) in [5.74, 6) is -1.63. The molecule has 0 aliphatic heterocycles. The number of carbonyl (C=O) groups is 2. The maximum Gasteiger partial charge on any atom is 0.416 e. The molecule has 1 aromatic carbocycles. The third-order valence-electron chi connectivity index (χ3n) is 2.52. The van der Waals surface area contributed by atoms with Crippen LogP contribution in [0.2, 0.25) is 0 Å². The molecule has 110 valence electrons. The molecule has 0 aliphatic carbocycles. The number of Topliss-reactive ketones (excluding diaryl/α,β-unsaturated/α-hetero) is 1. The Labute approximate surface area is 118 Å². The number of carbonyl (C=O) groups excluding carboxylic acids is 2. The summed E-state index contributed by atoms with van der Waals surface area (Å²) in [6.07, 6.45) is -4.72. The third-order valence-corrected chi connectivity index (χ3v) is 3.04. The van der Waals surface area contributed by atoms with Gasteiger partial charge in [0.2, 0.25) is 0 Å². The lowest BCUT2D eigenvalue weighted by Gasteiger charge is -2.18. The van der Waals surface area contributed by atoms with Gasteiger partial charge in [-0.15, -0.1) is 11.6 Å². The van der Waals surface area contributed by atoms with Gasteiger partial charge in [-0.3, -0.25) is 4.79 Å².